The van der Waals surface area contributed by atoms with Gasteiger partial charge in [-0.2, -0.15) is 0 Å². The SMILES string of the molecule is Cl.Cl.OC1(CN(Cc2ccncc2)Cc2ccc(F)cc2)CNCCOC1. The van der Waals surface area contributed by atoms with Crippen molar-refractivity contribution < 1.29 is 14.2 Å². The molecule has 5 nitrogen and oxygen atoms in total. The Morgan fingerprint density at radius 3 is 2.37 bits per heavy atom. The molecule has 2 aromatic rings. The number of pyridine rings is 1. The van der Waals surface area contributed by atoms with Gasteiger partial charge in [-0.15, -0.1) is 24.8 Å². The third-order valence-corrected chi connectivity index (χ3v) is 4.24. The normalized spacial score (nSPS) is 19.7. The summed E-state index contributed by atoms with van der Waals surface area (Å²) in [5.41, 5.74) is 1.16. The quantitative estimate of drug-likeness (QED) is 0.755. The molecule has 1 fully saturated rings. The van der Waals surface area contributed by atoms with Gasteiger partial charge in [0.1, 0.15) is 11.4 Å². The van der Waals surface area contributed by atoms with E-state index in [0.29, 0.717) is 39.4 Å². The second-order valence-corrected chi connectivity index (χ2v) is 6.58. The molecule has 2 N–H and O–H groups in total. The van der Waals surface area contributed by atoms with Gasteiger partial charge in [0.2, 0.25) is 0 Å². The van der Waals surface area contributed by atoms with E-state index in [0.717, 1.165) is 17.7 Å². The Morgan fingerprint density at radius 2 is 1.70 bits per heavy atom. The second-order valence-electron chi connectivity index (χ2n) is 6.58. The third kappa shape index (κ3) is 7.70. The van der Waals surface area contributed by atoms with Crippen LogP contribution in [0.1, 0.15) is 11.1 Å². The molecule has 0 radical (unpaired) electrons. The van der Waals surface area contributed by atoms with E-state index in [1.807, 2.05) is 12.1 Å². The first kappa shape index (κ1) is 23.8. The lowest BCUT2D eigenvalue weighted by molar-refractivity contribution is -0.0518. The van der Waals surface area contributed by atoms with Gasteiger partial charge in [-0.05, 0) is 35.4 Å². The fraction of sp³-hybridized carbons (Fsp3) is 0.421. The van der Waals surface area contributed by atoms with E-state index in [9.17, 15) is 9.50 Å². The lowest BCUT2D eigenvalue weighted by Gasteiger charge is -2.33. The molecule has 1 aliphatic heterocycles. The number of aliphatic hydroxyl groups is 1. The van der Waals surface area contributed by atoms with E-state index in [4.69, 9.17) is 4.74 Å². The van der Waals surface area contributed by atoms with Crippen molar-refractivity contribution in [3.63, 3.8) is 0 Å². The van der Waals surface area contributed by atoms with Crippen LogP contribution in [0, 0.1) is 5.82 Å². The van der Waals surface area contributed by atoms with E-state index in [1.165, 1.54) is 12.1 Å². The van der Waals surface area contributed by atoms with Gasteiger partial charge in [0.05, 0.1) is 13.2 Å². The van der Waals surface area contributed by atoms with E-state index >= 15 is 0 Å². The summed E-state index contributed by atoms with van der Waals surface area (Å²) in [6.45, 7) is 3.88. The molecule has 0 spiro atoms. The first-order valence-corrected chi connectivity index (χ1v) is 8.50. The number of hydrogen-bond acceptors (Lipinski definition) is 5. The van der Waals surface area contributed by atoms with Crippen LogP contribution >= 0.6 is 24.8 Å². The zero-order valence-electron chi connectivity index (χ0n) is 15.0. The summed E-state index contributed by atoms with van der Waals surface area (Å²) in [5, 5.41) is 14.1. The first-order valence-electron chi connectivity index (χ1n) is 8.50. The van der Waals surface area contributed by atoms with E-state index in [1.54, 1.807) is 24.5 Å². The Hall–Kier alpha value is -1.28. The lowest BCUT2D eigenvalue weighted by atomic mass is 10.0. The standard InChI is InChI=1S/C19H24FN3O2.2ClH/c20-18-3-1-16(2-4-18)11-23(12-17-5-7-21-8-6-17)14-19(24)13-22-9-10-25-15-19;;/h1-8,22,24H,9-15H2;2*1H. The minimum absolute atomic E-state index is 0. The molecule has 1 aliphatic rings. The molecule has 150 valence electrons. The highest BCUT2D eigenvalue weighted by Crippen LogP contribution is 2.16. The monoisotopic (exact) mass is 417 g/mol. The minimum atomic E-state index is -0.955. The molecule has 0 bridgehead atoms. The fourth-order valence-corrected chi connectivity index (χ4v) is 3.06. The van der Waals surface area contributed by atoms with Crippen molar-refractivity contribution in [1.82, 2.24) is 15.2 Å². The van der Waals surface area contributed by atoms with Gasteiger partial charge in [-0.1, -0.05) is 12.1 Å². The van der Waals surface area contributed by atoms with Crippen LogP contribution in [0.25, 0.3) is 0 Å². The van der Waals surface area contributed by atoms with Crippen molar-refractivity contribution in [2.45, 2.75) is 18.7 Å². The smallest absolute Gasteiger partial charge is 0.123 e. The van der Waals surface area contributed by atoms with Gasteiger partial charge in [0, 0.05) is 45.1 Å². The fourth-order valence-electron chi connectivity index (χ4n) is 3.06. The highest BCUT2D eigenvalue weighted by molar-refractivity contribution is 5.85. The van der Waals surface area contributed by atoms with Gasteiger partial charge in [-0.25, -0.2) is 4.39 Å². The summed E-state index contributed by atoms with van der Waals surface area (Å²) in [7, 11) is 0. The Balaban J connectivity index is 0.00000182. The van der Waals surface area contributed by atoms with Crippen LogP contribution in [0.2, 0.25) is 0 Å². The molecule has 1 aromatic carbocycles. The Bertz CT molecular complexity index is 654. The number of benzene rings is 1. The highest BCUT2D eigenvalue weighted by Gasteiger charge is 2.31. The number of rotatable bonds is 6. The summed E-state index contributed by atoms with van der Waals surface area (Å²) in [4.78, 5) is 6.20. The van der Waals surface area contributed by atoms with E-state index in [2.05, 4.69) is 15.2 Å². The first-order chi connectivity index (χ1) is 12.1. The summed E-state index contributed by atoms with van der Waals surface area (Å²) in [5.74, 6) is -0.246. The number of nitrogens with zero attached hydrogens (tertiary/aromatic N) is 2. The van der Waals surface area contributed by atoms with Crippen LogP contribution in [-0.2, 0) is 17.8 Å². The molecular weight excluding hydrogens is 392 g/mol. The number of halogens is 3. The molecule has 2 heterocycles. The number of aromatic nitrogens is 1. The van der Waals surface area contributed by atoms with Crippen molar-refractivity contribution in [2.24, 2.45) is 0 Å². The van der Waals surface area contributed by atoms with Gasteiger partial charge in [-0.3, -0.25) is 9.88 Å². The summed E-state index contributed by atoms with van der Waals surface area (Å²) in [6.07, 6.45) is 3.52. The zero-order chi connectivity index (χ0) is 17.5. The van der Waals surface area contributed by atoms with E-state index < -0.39 is 5.60 Å². The molecule has 0 saturated carbocycles. The summed E-state index contributed by atoms with van der Waals surface area (Å²) in [6, 6.07) is 10.4. The minimum Gasteiger partial charge on any atom is -0.385 e. The highest BCUT2D eigenvalue weighted by atomic mass is 35.5. The van der Waals surface area contributed by atoms with Crippen molar-refractivity contribution in [3.8, 4) is 0 Å². The molecule has 1 atom stereocenters. The molecule has 1 saturated heterocycles. The molecule has 1 unspecified atom stereocenters. The molecular formula is C19H26Cl2FN3O2. The van der Waals surface area contributed by atoms with Crippen molar-refractivity contribution in [3.05, 3.63) is 65.7 Å². The molecule has 8 heteroatoms. The van der Waals surface area contributed by atoms with Gasteiger partial charge >= 0.3 is 0 Å². The largest absolute Gasteiger partial charge is 0.385 e. The second kappa shape index (κ2) is 11.5. The van der Waals surface area contributed by atoms with Crippen molar-refractivity contribution >= 4 is 24.8 Å². The summed E-state index contributed by atoms with van der Waals surface area (Å²) < 4.78 is 18.7. The van der Waals surface area contributed by atoms with Gasteiger partial charge in [0.25, 0.3) is 0 Å². The molecule has 0 aliphatic carbocycles. The molecule has 3 rings (SSSR count). The number of β-amino-alcohol motifs (C(OH)–C–C–N with tert-alkyl or cyclic N) is 1. The van der Waals surface area contributed by atoms with Crippen LogP contribution in [0.4, 0.5) is 4.39 Å². The van der Waals surface area contributed by atoms with Crippen LogP contribution in [0.5, 0.6) is 0 Å². The van der Waals surface area contributed by atoms with Crippen LogP contribution in [-0.4, -0.2) is 53.4 Å². The predicted molar refractivity (Wildman–Crippen MR) is 108 cm³/mol. The Morgan fingerprint density at radius 1 is 1.07 bits per heavy atom. The van der Waals surface area contributed by atoms with Crippen LogP contribution < -0.4 is 5.32 Å². The molecule has 1 aromatic heterocycles. The molecule has 0 amide bonds. The van der Waals surface area contributed by atoms with Gasteiger partial charge in [0.15, 0.2) is 0 Å². The van der Waals surface area contributed by atoms with Crippen molar-refractivity contribution in [2.75, 3.05) is 32.8 Å². The average Bonchev–Trinajstić information content (AvgIpc) is 2.82. The van der Waals surface area contributed by atoms with Gasteiger partial charge < -0.3 is 15.2 Å². The third-order valence-electron chi connectivity index (χ3n) is 4.24. The van der Waals surface area contributed by atoms with Crippen LogP contribution in [0.3, 0.4) is 0 Å². The summed E-state index contributed by atoms with van der Waals surface area (Å²) >= 11 is 0. The lowest BCUT2D eigenvalue weighted by Crippen LogP contribution is -2.51. The maximum absolute atomic E-state index is 13.2. The number of ether oxygens (including phenoxy) is 1. The zero-order valence-corrected chi connectivity index (χ0v) is 16.6. The Kier molecular flexibility index (Phi) is 10.2. The topological polar surface area (TPSA) is 57.6 Å². The maximum atomic E-state index is 13.2. The maximum Gasteiger partial charge on any atom is 0.123 e. The predicted octanol–water partition coefficient (Wildman–Crippen LogP) is 2.42. The Labute approximate surface area is 171 Å². The number of hydrogen-bond donors (Lipinski definition) is 2. The average molecular weight is 418 g/mol. The van der Waals surface area contributed by atoms with Crippen molar-refractivity contribution in [1.29, 1.82) is 0 Å². The number of nitrogens with one attached hydrogen (secondary N) is 1. The molecule has 27 heavy (non-hydrogen) atoms. The van der Waals surface area contributed by atoms with Crippen LogP contribution in [0.15, 0.2) is 48.8 Å². The van der Waals surface area contributed by atoms with E-state index in [-0.39, 0.29) is 30.6 Å².